The van der Waals surface area contributed by atoms with E-state index in [4.69, 9.17) is 5.73 Å². The topological polar surface area (TPSA) is 86.0 Å². The molecule has 0 radical (unpaired) electrons. The van der Waals surface area contributed by atoms with Crippen LogP contribution in [0.15, 0.2) is 18.3 Å². The normalized spacial score (nSPS) is 14.0. The molecule has 2 heterocycles. The molecule has 1 aliphatic rings. The zero-order valence-corrected chi connectivity index (χ0v) is 13.4. The maximum Gasteiger partial charge on any atom is 0.422 e. The number of fused-ring (bicyclic) bond motifs is 1. The van der Waals surface area contributed by atoms with Gasteiger partial charge in [-0.05, 0) is 37.3 Å². The average molecular weight is 353 g/mol. The molecule has 3 rings (SSSR count). The lowest BCUT2D eigenvalue weighted by atomic mass is 9.96. The summed E-state index contributed by atoms with van der Waals surface area (Å²) in [7, 11) is 0. The molecule has 134 valence electrons. The molecule has 0 unspecified atom stereocenters. The Labute approximate surface area is 142 Å². The zero-order chi connectivity index (χ0) is 17.9. The fraction of sp³-hybridized carbons (Fsp3) is 0.438. The molecule has 2 aromatic heterocycles. The summed E-state index contributed by atoms with van der Waals surface area (Å²) in [6.45, 7) is -0.999. The highest BCUT2D eigenvalue weighted by atomic mass is 19.4. The van der Waals surface area contributed by atoms with E-state index in [1.54, 1.807) is 6.07 Å². The zero-order valence-electron chi connectivity index (χ0n) is 13.4. The van der Waals surface area contributed by atoms with Gasteiger partial charge >= 0.3 is 6.18 Å². The summed E-state index contributed by atoms with van der Waals surface area (Å²) in [6.07, 6.45) is 0.919. The van der Waals surface area contributed by atoms with Gasteiger partial charge in [0.2, 0.25) is 11.8 Å². The van der Waals surface area contributed by atoms with E-state index in [-0.39, 0.29) is 11.8 Å². The lowest BCUT2D eigenvalue weighted by molar-refractivity contribution is -0.154. The molecule has 3 N–H and O–H groups in total. The Balaban J connectivity index is 1.69. The Morgan fingerprint density at radius 2 is 2.00 bits per heavy atom. The fourth-order valence-electron chi connectivity index (χ4n) is 2.74. The lowest BCUT2D eigenvalue weighted by Crippen LogP contribution is -2.19. The smallest absolute Gasteiger partial charge is 0.422 e. The van der Waals surface area contributed by atoms with Crippen molar-refractivity contribution in [3.63, 3.8) is 0 Å². The average Bonchev–Trinajstić information content (AvgIpc) is 2.57. The second kappa shape index (κ2) is 7.12. The first-order chi connectivity index (χ1) is 11.9. The van der Waals surface area contributed by atoms with Crippen LogP contribution in [0, 0.1) is 0 Å². The first-order valence-corrected chi connectivity index (χ1v) is 7.94. The maximum absolute atomic E-state index is 12.2. The molecule has 0 aliphatic heterocycles. The van der Waals surface area contributed by atoms with Crippen LogP contribution in [0.1, 0.15) is 29.7 Å². The fourth-order valence-corrected chi connectivity index (χ4v) is 2.74. The minimum atomic E-state index is -4.40. The number of hydrogen-bond acceptors (Lipinski definition) is 6. The van der Waals surface area contributed by atoms with E-state index in [1.165, 1.54) is 12.3 Å². The molecule has 9 heteroatoms. The monoisotopic (exact) mass is 353 g/mol. The van der Waals surface area contributed by atoms with Gasteiger partial charge in [-0.2, -0.15) is 18.2 Å². The number of hydrogen-bond donors (Lipinski definition) is 2. The molecule has 0 saturated heterocycles. The number of rotatable bonds is 5. The molecule has 2 aromatic rings. The number of nitrogens with zero attached hydrogens (tertiary/aromatic N) is 3. The quantitative estimate of drug-likeness (QED) is 0.860. The first-order valence-electron chi connectivity index (χ1n) is 7.94. The maximum atomic E-state index is 12.2. The van der Waals surface area contributed by atoms with Gasteiger partial charge in [0.15, 0.2) is 6.61 Å². The molecule has 25 heavy (non-hydrogen) atoms. The number of anilines is 2. The summed E-state index contributed by atoms with van der Waals surface area (Å²) >= 11 is 0. The van der Waals surface area contributed by atoms with Gasteiger partial charge in [-0.3, -0.25) is 0 Å². The van der Waals surface area contributed by atoms with Crippen molar-refractivity contribution < 1.29 is 17.9 Å². The molecule has 0 spiro atoms. The highest BCUT2D eigenvalue weighted by Crippen LogP contribution is 2.26. The van der Waals surface area contributed by atoms with E-state index < -0.39 is 12.8 Å². The Kier molecular flexibility index (Phi) is 4.91. The third kappa shape index (κ3) is 4.71. The van der Waals surface area contributed by atoms with Gasteiger partial charge in [0.1, 0.15) is 5.82 Å². The van der Waals surface area contributed by atoms with Crippen molar-refractivity contribution in [2.24, 2.45) is 0 Å². The van der Waals surface area contributed by atoms with Crippen LogP contribution in [0.5, 0.6) is 5.88 Å². The third-order valence-corrected chi connectivity index (χ3v) is 3.84. The number of halogens is 3. The van der Waals surface area contributed by atoms with E-state index in [2.05, 4.69) is 25.0 Å². The van der Waals surface area contributed by atoms with Crippen LogP contribution in [0.3, 0.4) is 0 Å². The van der Waals surface area contributed by atoms with Crippen molar-refractivity contribution in [2.75, 3.05) is 17.7 Å². The predicted molar refractivity (Wildman–Crippen MR) is 86.2 cm³/mol. The number of alkyl halides is 3. The Hall–Kier alpha value is -2.58. The van der Waals surface area contributed by atoms with Gasteiger partial charge in [0.25, 0.3) is 0 Å². The van der Waals surface area contributed by atoms with Crippen molar-refractivity contribution >= 4 is 11.8 Å². The molecule has 0 fully saturated rings. The lowest BCUT2D eigenvalue weighted by Gasteiger charge is -2.19. The number of aromatic nitrogens is 3. The van der Waals surface area contributed by atoms with Crippen LogP contribution in [0.4, 0.5) is 24.9 Å². The molecule has 6 nitrogen and oxygen atoms in total. The van der Waals surface area contributed by atoms with Crippen molar-refractivity contribution in [1.82, 2.24) is 15.0 Å². The third-order valence-electron chi connectivity index (χ3n) is 3.84. The Bertz CT molecular complexity index is 751. The minimum Gasteiger partial charge on any atom is -0.468 e. The van der Waals surface area contributed by atoms with E-state index in [0.717, 1.165) is 42.5 Å². The number of nitrogen functional groups attached to an aromatic ring is 1. The van der Waals surface area contributed by atoms with E-state index in [0.29, 0.717) is 12.4 Å². The van der Waals surface area contributed by atoms with Crippen molar-refractivity contribution in [3.8, 4) is 5.88 Å². The number of nitrogens with one attached hydrogen (secondary N) is 1. The Morgan fingerprint density at radius 1 is 1.20 bits per heavy atom. The summed E-state index contributed by atoms with van der Waals surface area (Å²) in [5.74, 6) is 0.824. The molecular formula is C16H18F3N5O. The van der Waals surface area contributed by atoms with Crippen molar-refractivity contribution in [1.29, 1.82) is 0 Å². The van der Waals surface area contributed by atoms with Crippen LogP contribution in [0.25, 0.3) is 0 Å². The molecule has 0 saturated carbocycles. The predicted octanol–water partition coefficient (Wildman–Crippen LogP) is 2.89. The van der Waals surface area contributed by atoms with Gasteiger partial charge in [-0.25, -0.2) is 9.97 Å². The second-order valence-electron chi connectivity index (χ2n) is 5.82. The van der Waals surface area contributed by atoms with E-state index in [1.807, 2.05) is 0 Å². The first kappa shape index (κ1) is 17.2. The standard InChI is InChI=1S/C16H18F3N5O/c17-16(18,19)9-25-13-7-10(5-6-21-13)8-22-14-11-3-1-2-4-12(11)23-15(20)24-14/h5-7H,1-4,8-9H2,(H3,20,22,23,24). The molecule has 0 amide bonds. The van der Waals surface area contributed by atoms with Crippen molar-refractivity contribution in [2.45, 2.75) is 38.4 Å². The van der Waals surface area contributed by atoms with Crippen LogP contribution < -0.4 is 15.8 Å². The van der Waals surface area contributed by atoms with Gasteiger partial charge in [0, 0.05) is 24.4 Å². The van der Waals surface area contributed by atoms with Crippen LogP contribution in [-0.2, 0) is 19.4 Å². The molecule has 0 atom stereocenters. The highest BCUT2D eigenvalue weighted by molar-refractivity contribution is 5.51. The molecule has 0 aromatic carbocycles. The Morgan fingerprint density at radius 3 is 2.80 bits per heavy atom. The number of aryl methyl sites for hydroxylation is 1. The summed E-state index contributed by atoms with van der Waals surface area (Å²) < 4.78 is 41.3. The van der Waals surface area contributed by atoms with Crippen molar-refractivity contribution in [3.05, 3.63) is 35.2 Å². The summed E-state index contributed by atoms with van der Waals surface area (Å²) in [6, 6.07) is 3.17. The highest BCUT2D eigenvalue weighted by Gasteiger charge is 2.28. The number of ether oxygens (including phenoxy) is 1. The van der Waals surface area contributed by atoms with Crippen LogP contribution in [0.2, 0.25) is 0 Å². The van der Waals surface area contributed by atoms with Crippen LogP contribution in [-0.4, -0.2) is 27.7 Å². The minimum absolute atomic E-state index is 0.0687. The summed E-state index contributed by atoms with van der Waals surface area (Å²) in [5, 5.41) is 3.19. The van der Waals surface area contributed by atoms with Gasteiger partial charge in [0.05, 0.1) is 5.69 Å². The largest absolute Gasteiger partial charge is 0.468 e. The van der Waals surface area contributed by atoms with E-state index >= 15 is 0 Å². The van der Waals surface area contributed by atoms with Gasteiger partial charge in [-0.15, -0.1) is 0 Å². The number of nitrogens with two attached hydrogens (primary N) is 1. The molecular weight excluding hydrogens is 335 g/mol. The second-order valence-corrected chi connectivity index (χ2v) is 5.82. The van der Waals surface area contributed by atoms with Gasteiger partial charge < -0.3 is 15.8 Å². The SMILES string of the molecule is Nc1nc2c(c(NCc3ccnc(OCC(F)(F)F)c3)n1)CCCC2. The molecule has 1 aliphatic carbocycles. The van der Waals surface area contributed by atoms with E-state index in [9.17, 15) is 13.2 Å². The van der Waals surface area contributed by atoms with Gasteiger partial charge in [-0.1, -0.05) is 0 Å². The van der Waals surface area contributed by atoms with Crippen LogP contribution >= 0.6 is 0 Å². The summed E-state index contributed by atoms with van der Waals surface area (Å²) in [5.41, 5.74) is 8.51. The molecule has 0 bridgehead atoms. The summed E-state index contributed by atoms with van der Waals surface area (Å²) in [4.78, 5) is 12.3. The number of pyridine rings is 1.